The molecule has 0 aliphatic carbocycles. The second-order valence-electron chi connectivity index (χ2n) is 7.04. The summed E-state index contributed by atoms with van der Waals surface area (Å²) in [5.74, 6) is -0.135. The molecule has 0 saturated heterocycles. The van der Waals surface area contributed by atoms with Crippen LogP contribution < -0.4 is 10.1 Å². The monoisotopic (exact) mass is 466 g/mol. The van der Waals surface area contributed by atoms with Gasteiger partial charge in [-0.25, -0.2) is 4.68 Å². The molecule has 0 bridgehead atoms. The van der Waals surface area contributed by atoms with Crippen LogP contribution >= 0.6 is 23.2 Å². The molecule has 4 aromatic rings. The Kier molecular flexibility index (Phi) is 7.04. The van der Waals surface area contributed by atoms with E-state index in [0.29, 0.717) is 16.6 Å². The number of rotatable bonds is 8. The molecule has 1 heterocycles. The molecule has 0 aliphatic rings. The molecule has 0 radical (unpaired) electrons. The lowest BCUT2D eigenvalue weighted by Crippen LogP contribution is -2.24. The van der Waals surface area contributed by atoms with Crippen LogP contribution in [0.1, 0.15) is 27.2 Å². The Morgan fingerprint density at radius 2 is 1.50 bits per heavy atom. The summed E-state index contributed by atoms with van der Waals surface area (Å²) < 4.78 is 7.55. The van der Waals surface area contributed by atoms with Gasteiger partial charge in [0.05, 0.1) is 6.54 Å². The van der Waals surface area contributed by atoms with Gasteiger partial charge in [0.1, 0.15) is 6.61 Å². The van der Waals surface area contributed by atoms with Crippen LogP contribution in [0.5, 0.6) is 5.88 Å². The third-order valence-electron chi connectivity index (χ3n) is 4.80. The van der Waals surface area contributed by atoms with Crippen molar-refractivity contribution in [1.29, 1.82) is 0 Å². The number of hydrogen-bond donors (Lipinski definition) is 1. The minimum Gasteiger partial charge on any atom is -0.471 e. The summed E-state index contributed by atoms with van der Waals surface area (Å²) in [4.78, 5) is 12.9. The van der Waals surface area contributed by atoms with E-state index in [2.05, 4.69) is 15.6 Å². The Morgan fingerprint density at radius 3 is 2.19 bits per heavy atom. The molecule has 1 N–H and O–H groups in total. The first-order valence-electron chi connectivity index (χ1n) is 9.97. The van der Waals surface area contributed by atoms with Gasteiger partial charge in [0.15, 0.2) is 0 Å². The molecular formula is C24H20Cl2N4O2. The van der Waals surface area contributed by atoms with Gasteiger partial charge >= 0.3 is 0 Å². The number of benzene rings is 3. The molecule has 0 atom stereocenters. The Balaban J connectivity index is 1.57. The highest BCUT2D eigenvalue weighted by atomic mass is 35.5. The van der Waals surface area contributed by atoms with E-state index in [4.69, 9.17) is 27.9 Å². The highest BCUT2D eigenvalue weighted by Gasteiger charge is 2.22. The predicted octanol–water partition coefficient (Wildman–Crippen LogP) is 5.14. The largest absolute Gasteiger partial charge is 0.471 e. The summed E-state index contributed by atoms with van der Waals surface area (Å²) in [7, 11) is 0. The maximum absolute atomic E-state index is 12.9. The van der Waals surface area contributed by atoms with Crippen LogP contribution in [0.15, 0.2) is 78.9 Å². The Labute approximate surface area is 195 Å². The summed E-state index contributed by atoms with van der Waals surface area (Å²) >= 11 is 12.5. The lowest BCUT2D eigenvalue weighted by Gasteiger charge is -2.11. The zero-order valence-electron chi connectivity index (χ0n) is 17.0. The van der Waals surface area contributed by atoms with Gasteiger partial charge in [0, 0.05) is 16.6 Å². The topological polar surface area (TPSA) is 69.0 Å². The standard InChI is InChI=1S/C24H20Cl2N4O2/c25-20-12-6-4-10-18(20)14-27-23(31)22-24(32-16-17-8-2-1-3-9-17)30(29-28-22)15-19-11-5-7-13-21(19)26/h1-13H,14-16H2,(H,27,31). The van der Waals surface area contributed by atoms with E-state index in [1.165, 1.54) is 4.68 Å². The van der Waals surface area contributed by atoms with Crippen LogP contribution in [-0.2, 0) is 19.7 Å². The minimum absolute atomic E-state index is 0.0973. The Bertz CT molecular complexity index is 1210. The maximum atomic E-state index is 12.9. The van der Waals surface area contributed by atoms with Crippen LogP contribution in [0.25, 0.3) is 0 Å². The molecule has 32 heavy (non-hydrogen) atoms. The molecule has 1 amide bonds. The number of amides is 1. The second kappa shape index (κ2) is 10.3. The Hall–Kier alpha value is -3.35. The first-order chi connectivity index (χ1) is 15.6. The number of nitrogens with zero attached hydrogens (tertiary/aromatic N) is 3. The highest BCUT2D eigenvalue weighted by molar-refractivity contribution is 6.31. The number of halogens is 2. The van der Waals surface area contributed by atoms with E-state index in [9.17, 15) is 4.79 Å². The fraction of sp³-hybridized carbons (Fsp3) is 0.125. The van der Waals surface area contributed by atoms with Crippen molar-refractivity contribution < 1.29 is 9.53 Å². The van der Waals surface area contributed by atoms with Crippen LogP contribution in [0.2, 0.25) is 10.0 Å². The number of hydrogen-bond acceptors (Lipinski definition) is 4. The summed E-state index contributed by atoms with van der Waals surface area (Å²) in [6.07, 6.45) is 0. The molecule has 6 nitrogen and oxygen atoms in total. The van der Waals surface area contributed by atoms with Crippen molar-refractivity contribution in [2.24, 2.45) is 0 Å². The average Bonchev–Trinajstić information content (AvgIpc) is 3.21. The molecule has 3 aromatic carbocycles. The average molecular weight is 467 g/mol. The van der Waals surface area contributed by atoms with E-state index in [1.54, 1.807) is 12.1 Å². The van der Waals surface area contributed by atoms with Gasteiger partial charge < -0.3 is 10.1 Å². The summed E-state index contributed by atoms with van der Waals surface area (Å²) in [6.45, 7) is 0.837. The molecule has 0 saturated carbocycles. The van der Waals surface area contributed by atoms with Crippen molar-refractivity contribution in [3.05, 3.63) is 111 Å². The number of aromatic nitrogens is 3. The van der Waals surface area contributed by atoms with E-state index in [-0.39, 0.29) is 24.7 Å². The van der Waals surface area contributed by atoms with Crippen molar-refractivity contribution in [2.45, 2.75) is 19.7 Å². The molecule has 4 rings (SSSR count). The zero-order valence-corrected chi connectivity index (χ0v) is 18.6. The van der Waals surface area contributed by atoms with E-state index in [0.717, 1.165) is 16.7 Å². The van der Waals surface area contributed by atoms with Gasteiger partial charge in [-0.1, -0.05) is 95.1 Å². The summed E-state index contributed by atoms with van der Waals surface area (Å²) in [5, 5.41) is 12.3. The van der Waals surface area contributed by atoms with Crippen LogP contribution in [0, 0.1) is 0 Å². The number of carbonyl (C=O) groups is 1. The first kappa shape index (κ1) is 21.9. The van der Waals surface area contributed by atoms with Gasteiger partial charge in [0.25, 0.3) is 5.91 Å². The second-order valence-corrected chi connectivity index (χ2v) is 7.86. The first-order valence-corrected chi connectivity index (χ1v) is 10.7. The predicted molar refractivity (Wildman–Crippen MR) is 124 cm³/mol. The fourth-order valence-electron chi connectivity index (χ4n) is 3.11. The molecule has 8 heteroatoms. The van der Waals surface area contributed by atoms with Crippen molar-refractivity contribution in [2.75, 3.05) is 0 Å². The number of nitrogens with one attached hydrogen (secondary N) is 1. The highest BCUT2D eigenvalue weighted by Crippen LogP contribution is 2.23. The lowest BCUT2D eigenvalue weighted by molar-refractivity contribution is 0.0940. The van der Waals surface area contributed by atoms with Crippen LogP contribution in [0.3, 0.4) is 0 Å². The normalized spacial score (nSPS) is 10.7. The van der Waals surface area contributed by atoms with Gasteiger partial charge in [-0.3, -0.25) is 4.79 Å². The van der Waals surface area contributed by atoms with E-state index < -0.39 is 5.91 Å². The van der Waals surface area contributed by atoms with E-state index in [1.807, 2.05) is 66.7 Å². The third-order valence-corrected chi connectivity index (χ3v) is 5.54. The molecule has 162 valence electrons. The fourth-order valence-corrected chi connectivity index (χ4v) is 3.51. The molecular weight excluding hydrogens is 447 g/mol. The third kappa shape index (κ3) is 5.28. The van der Waals surface area contributed by atoms with Crippen LogP contribution in [-0.4, -0.2) is 20.9 Å². The van der Waals surface area contributed by atoms with Crippen LogP contribution in [0.4, 0.5) is 0 Å². The molecule has 0 fully saturated rings. The van der Waals surface area contributed by atoms with E-state index >= 15 is 0 Å². The van der Waals surface area contributed by atoms with Crippen molar-refractivity contribution in [3.63, 3.8) is 0 Å². The molecule has 0 aliphatic heterocycles. The molecule has 0 spiro atoms. The van der Waals surface area contributed by atoms with Gasteiger partial charge in [-0.15, -0.1) is 5.10 Å². The molecule has 1 aromatic heterocycles. The van der Waals surface area contributed by atoms with Crippen molar-refractivity contribution in [3.8, 4) is 5.88 Å². The smallest absolute Gasteiger partial charge is 0.277 e. The van der Waals surface area contributed by atoms with Gasteiger partial charge in [0.2, 0.25) is 11.6 Å². The quantitative estimate of drug-likeness (QED) is 0.390. The summed E-state index contributed by atoms with van der Waals surface area (Å²) in [5.41, 5.74) is 2.70. The summed E-state index contributed by atoms with van der Waals surface area (Å²) in [6, 6.07) is 24.4. The molecule has 0 unspecified atom stereocenters. The maximum Gasteiger partial charge on any atom is 0.277 e. The zero-order chi connectivity index (χ0) is 22.3. The van der Waals surface area contributed by atoms with Crippen molar-refractivity contribution >= 4 is 29.1 Å². The number of ether oxygens (including phenoxy) is 1. The lowest BCUT2D eigenvalue weighted by atomic mass is 10.2. The van der Waals surface area contributed by atoms with Gasteiger partial charge in [-0.2, -0.15) is 0 Å². The van der Waals surface area contributed by atoms with Gasteiger partial charge in [-0.05, 0) is 28.8 Å². The van der Waals surface area contributed by atoms with Crippen molar-refractivity contribution in [1.82, 2.24) is 20.3 Å². The minimum atomic E-state index is -0.404. The number of carbonyl (C=O) groups excluding carboxylic acids is 1. The SMILES string of the molecule is O=C(NCc1ccccc1Cl)c1nnn(Cc2ccccc2Cl)c1OCc1ccccc1. The Morgan fingerprint density at radius 1 is 0.875 bits per heavy atom.